The zero-order valence-corrected chi connectivity index (χ0v) is 10.9. The fourth-order valence-corrected chi connectivity index (χ4v) is 3.23. The zero-order chi connectivity index (χ0) is 11.4. The van der Waals surface area contributed by atoms with Crippen molar-refractivity contribution in [1.82, 2.24) is 0 Å². The molecule has 0 radical (unpaired) electrons. The fourth-order valence-electron chi connectivity index (χ4n) is 3.23. The smallest absolute Gasteiger partial charge is 0.0571 e. The SMILES string of the molecule is CCC(CC)C1CC(C(C)C)CCC1O. The van der Waals surface area contributed by atoms with Crippen molar-refractivity contribution in [3.63, 3.8) is 0 Å². The van der Waals surface area contributed by atoms with Gasteiger partial charge in [0, 0.05) is 0 Å². The van der Waals surface area contributed by atoms with Crippen molar-refractivity contribution in [2.45, 2.75) is 65.9 Å². The molecular formula is C14H28O. The van der Waals surface area contributed by atoms with Crippen molar-refractivity contribution in [2.75, 3.05) is 0 Å². The minimum atomic E-state index is -0.0232. The first kappa shape index (κ1) is 13.0. The maximum atomic E-state index is 10.1. The molecule has 0 spiro atoms. The van der Waals surface area contributed by atoms with E-state index in [1.807, 2.05) is 0 Å². The van der Waals surface area contributed by atoms with Gasteiger partial charge in [-0.15, -0.1) is 0 Å². The number of hydrogen-bond donors (Lipinski definition) is 1. The second-order valence-corrected chi connectivity index (χ2v) is 5.62. The van der Waals surface area contributed by atoms with E-state index in [9.17, 15) is 5.11 Å². The number of hydrogen-bond acceptors (Lipinski definition) is 1. The van der Waals surface area contributed by atoms with E-state index in [0.717, 1.165) is 24.2 Å². The molecule has 0 amide bonds. The van der Waals surface area contributed by atoms with Crippen LogP contribution in [0.4, 0.5) is 0 Å². The van der Waals surface area contributed by atoms with Crippen LogP contribution < -0.4 is 0 Å². The Morgan fingerprint density at radius 1 is 1.13 bits per heavy atom. The highest BCUT2D eigenvalue weighted by molar-refractivity contribution is 4.84. The van der Waals surface area contributed by atoms with Gasteiger partial charge in [0.25, 0.3) is 0 Å². The second-order valence-electron chi connectivity index (χ2n) is 5.62. The first-order chi connectivity index (χ1) is 7.10. The molecule has 3 atom stereocenters. The van der Waals surface area contributed by atoms with E-state index < -0.39 is 0 Å². The first-order valence-corrected chi connectivity index (χ1v) is 6.78. The van der Waals surface area contributed by atoms with Crippen LogP contribution in [0.5, 0.6) is 0 Å². The van der Waals surface area contributed by atoms with Crippen LogP contribution in [0.15, 0.2) is 0 Å². The average molecular weight is 212 g/mol. The third-order valence-corrected chi connectivity index (χ3v) is 4.50. The zero-order valence-electron chi connectivity index (χ0n) is 10.9. The summed E-state index contributed by atoms with van der Waals surface area (Å²) >= 11 is 0. The van der Waals surface area contributed by atoms with E-state index in [1.54, 1.807) is 0 Å². The monoisotopic (exact) mass is 212 g/mol. The number of aliphatic hydroxyl groups is 1. The van der Waals surface area contributed by atoms with Gasteiger partial charge in [0.15, 0.2) is 0 Å². The fraction of sp³-hybridized carbons (Fsp3) is 1.00. The van der Waals surface area contributed by atoms with Gasteiger partial charge in [-0.25, -0.2) is 0 Å². The quantitative estimate of drug-likeness (QED) is 0.750. The molecule has 0 aromatic heterocycles. The van der Waals surface area contributed by atoms with Crippen molar-refractivity contribution in [3.05, 3.63) is 0 Å². The van der Waals surface area contributed by atoms with Crippen molar-refractivity contribution in [2.24, 2.45) is 23.7 Å². The lowest BCUT2D eigenvalue weighted by Gasteiger charge is -2.39. The van der Waals surface area contributed by atoms with E-state index in [1.165, 1.54) is 25.7 Å². The molecule has 1 rings (SSSR count). The maximum absolute atomic E-state index is 10.1. The van der Waals surface area contributed by atoms with Gasteiger partial charge in [-0.05, 0) is 42.9 Å². The summed E-state index contributed by atoms with van der Waals surface area (Å²) in [6, 6.07) is 0. The van der Waals surface area contributed by atoms with Gasteiger partial charge in [-0.2, -0.15) is 0 Å². The predicted molar refractivity (Wildman–Crippen MR) is 65.7 cm³/mol. The summed E-state index contributed by atoms with van der Waals surface area (Å²) in [7, 11) is 0. The van der Waals surface area contributed by atoms with Gasteiger partial charge < -0.3 is 5.11 Å². The van der Waals surface area contributed by atoms with Crippen LogP contribution in [0, 0.1) is 23.7 Å². The lowest BCUT2D eigenvalue weighted by molar-refractivity contribution is 0.00553. The molecule has 0 aromatic rings. The topological polar surface area (TPSA) is 20.2 Å². The molecule has 1 fully saturated rings. The van der Waals surface area contributed by atoms with E-state index in [2.05, 4.69) is 27.7 Å². The summed E-state index contributed by atoms with van der Waals surface area (Å²) in [4.78, 5) is 0. The third-order valence-electron chi connectivity index (χ3n) is 4.50. The van der Waals surface area contributed by atoms with Gasteiger partial charge in [-0.3, -0.25) is 0 Å². The Kier molecular flexibility index (Phi) is 5.11. The Labute approximate surface area is 95.3 Å². The van der Waals surface area contributed by atoms with E-state index in [0.29, 0.717) is 5.92 Å². The van der Waals surface area contributed by atoms with Gasteiger partial charge in [-0.1, -0.05) is 40.5 Å². The van der Waals surface area contributed by atoms with Crippen LogP contribution in [0.3, 0.4) is 0 Å². The number of aliphatic hydroxyl groups excluding tert-OH is 1. The summed E-state index contributed by atoms with van der Waals surface area (Å²) < 4.78 is 0. The predicted octanol–water partition coefficient (Wildman–Crippen LogP) is 3.86. The molecule has 1 saturated carbocycles. The van der Waals surface area contributed by atoms with Crippen LogP contribution in [0.1, 0.15) is 59.8 Å². The number of rotatable bonds is 4. The first-order valence-electron chi connectivity index (χ1n) is 6.78. The summed E-state index contributed by atoms with van der Waals surface area (Å²) in [6.07, 6.45) is 5.95. The summed E-state index contributed by atoms with van der Waals surface area (Å²) in [5.74, 6) is 2.94. The molecule has 0 bridgehead atoms. The third kappa shape index (κ3) is 3.21. The average Bonchev–Trinajstić information content (AvgIpc) is 2.22. The van der Waals surface area contributed by atoms with Gasteiger partial charge in [0.1, 0.15) is 0 Å². The Morgan fingerprint density at radius 3 is 2.20 bits per heavy atom. The minimum absolute atomic E-state index is 0.0232. The van der Waals surface area contributed by atoms with Crippen LogP contribution >= 0.6 is 0 Å². The second kappa shape index (κ2) is 5.89. The standard InChI is InChI=1S/C14H28O/c1-5-11(6-2)13-9-12(10(3)4)7-8-14(13)15/h10-15H,5-9H2,1-4H3. The molecule has 0 saturated heterocycles. The lowest BCUT2D eigenvalue weighted by Crippen LogP contribution is -2.35. The van der Waals surface area contributed by atoms with Crippen molar-refractivity contribution in [1.29, 1.82) is 0 Å². The highest BCUT2D eigenvalue weighted by Gasteiger charge is 2.34. The molecule has 0 aliphatic heterocycles. The Hall–Kier alpha value is -0.0400. The molecule has 90 valence electrons. The van der Waals surface area contributed by atoms with Crippen molar-refractivity contribution in [3.8, 4) is 0 Å². The molecule has 15 heavy (non-hydrogen) atoms. The summed E-state index contributed by atoms with van der Waals surface area (Å²) in [5, 5.41) is 10.1. The van der Waals surface area contributed by atoms with Crippen LogP contribution in [-0.2, 0) is 0 Å². The van der Waals surface area contributed by atoms with Crippen LogP contribution in [-0.4, -0.2) is 11.2 Å². The normalized spacial score (nSPS) is 32.6. The minimum Gasteiger partial charge on any atom is -0.393 e. The summed E-state index contributed by atoms with van der Waals surface area (Å²) in [5.41, 5.74) is 0. The molecule has 3 unspecified atom stereocenters. The molecule has 1 heteroatoms. The molecule has 0 aromatic carbocycles. The van der Waals surface area contributed by atoms with Crippen molar-refractivity contribution >= 4 is 0 Å². The van der Waals surface area contributed by atoms with E-state index >= 15 is 0 Å². The van der Waals surface area contributed by atoms with Crippen molar-refractivity contribution < 1.29 is 5.11 Å². The molecule has 1 aliphatic carbocycles. The molecule has 0 heterocycles. The van der Waals surface area contributed by atoms with Gasteiger partial charge in [0.05, 0.1) is 6.10 Å². The highest BCUT2D eigenvalue weighted by Crippen LogP contribution is 2.39. The lowest BCUT2D eigenvalue weighted by atomic mass is 9.69. The molecule has 1 nitrogen and oxygen atoms in total. The van der Waals surface area contributed by atoms with Crippen LogP contribution in [0.2, 0.25) is 0 Å². The Bertz CT molecular complexity index is 172. The highest BCUT2D eigenvalue weighted by atomic mass is 16.3. The Morgan fingerprint density at radius 2 is 1.73 bits per heavy atom. The largest absolute Gasteiger partial charge is 0.393 e. The molecule has 1 N–H and O–H groups in total. The summed E-state index contributed by atoms with van der Waals surface area (Å²) in [6.45, 7) is 9.18. The molecular weight excluding hydrogens is 184 g/mol. The Balaban J connectivity index is 2.60. The van der Waals surface area contributed by atoms with Gasteiger partial charge in [0.2, 0.25) is 0 Å². The maximum Gasteiger partial charge on any atom is 0.0571 e. The van der Waals surface area contributed by atoms with Gasteiger partial charge >= 0.3 is 0 Å². The molecule has 1 aliphatic rings. The van der Waals surface area contributed by atoms with Crippen LogP contribution in [0.25, 0.3) is 0 Å². The van der Waals surface area contributed by atoms with E-state index in [4.69, 9.17) is 0 Å². The van der Waals surface area contributed by atoms with E-state index in [-0.39, 0.29) is 6.10 Å².